The highest BCUT2D eigenvalue weighted by molar-refractivity contribution is 7.90. The Morgan fingerprint density at radius 2 is 1.86 bits per heavy atom. The van der Waals surface area contributed by atoms with Crippen LogP contribution < -0.4 is 0 Å². The molecule has 120 valence electrons. The Hall–Kier alpha value is -1.45. The molecule has 0 radical (unpaired) electrons. The Kier molecular flexibility index (Phi) is 3.54. The van der Waals surface area contributed by atoms with E-state index in [2.05, 4.69) is 0 Å². The van der Waals surface area contributed by atoms with E-state index in [9.17, 15) is 21.6 Å². The van der Waals surface area contributed by atoms with Crippen molar-refractivity contribution in [1.82, 2.24) is 8.61 Å². The van der Waals surface area contributed by atoms with Crippen LogP contribution in [0.15, 0.2) is 29.2 Å². The van der Waals surface area contributed by atoms with Crippen LogP contribution in [-0.2, 0) is 31.4 Å². The van der Waals surface area contributed by atoms with Gasteiger partial charge in [0.15, 0.2) is 9.84 Å². The SMILES string of the molecule is CS(=O)(=O)c1ccc(CN2C(=O)[C@H]3CCCN3S2(=O)=O)cc1. The molecule has 0 aliphatic carbocycles. The topological polar surface area (TPSA) is 91.8 Å². The van der Waals surface area contributed by atoms with Crippen molar-refractivity contribution in [2.45, 2.75) is 30.3 Å². The maximum atomic E-state index is 12.4. The van der Waals surface area contributed by atoms with Crippen molar-refractivity contribution in [2.75, 3.05) is 12.8 Å². The summed E-state index contributed by atoms with van der Waals surface area (Å²) < 4.78 is 49.7. The van der Waals surface area contributed by atoms with Gasteiger partial charge in [-0.1, -0.05) is 12.1 Å². The van der Waals surface area contributed by atoms with E-state index >= 15 is 0 Å². The number of nitrogens with zero attached hydrogens (tertiary/aromatic N) is 2. The Bertz CT molecular complexity index is 814. The largest absolute Gasteiger partial charge is 0.307 e. The molecule has 0 bridgehead atoms. The first-order valence-corrected chi connectivity index (χ1v) is 10.1. The summed E-state index contributed by atoms with van der Waals surface area (Å²) >= 11 is 0. The Balaban J connectivity index is 1.86. The highest BCUT2D eigenvalue weighted by atomic mass is 32.2. The van der Waals surface area contributed by atoms with Gasteiger partial charge in [0.1, 0.15) is 6.04 Å². The molecule has 0 aromatic heterocycles. The number of fused-ring (bicyclic) bond motifs is 1. The van der Waals surface area contributed by atoms with Crippen molar-refractivity contribution in [2.24, 2.45) is 0 Å². The van der Waals surface area contributed by atoms with Gasteiger partial charge in [-0.15, -0.1) is 0 Å². The van der Waals surface area contributed by atoms with Crippen molar-refractivity contribution in [3.63, 3.8) is 0 Å². The van der Waals surface area contributed by atoms with Gasteiger partial charge in [-0.25, -0.2) is 12.7 Å². The molecule has 9 heteroatoms. The van der Waals surface area contributed by atoms with Crippen molar-refractivity contribution < 1.29 is 21.6 Å². The second-order valence-corrected chi connectivity index (χ2v) is 9.36. The van der Waals surface area contributed by atoms with Gasteiger partial charge in [-0.05, 0) is 30.5 Å². The van der Waals surface area contributed by atoms with Crippen LogP contribution in [0, 0.1) is 0 Å². The fourth-order valence-corrected chi connectivity index (χ4v) is 5.26. The van der Waals surface area contributed by atoms with Crippen molar-refractivity contribution >= 4 is 26.0 Å². The van der Waals surface area contributed by atoms with Crippen LogP contribution in [0.2, 0.25) is 0 Å². The number of rotatable bonds is 3. The van der Waals surface area contributed by atoms with Gasteiger partial charge in [-0.2, -0.15) is 12.7 Å². The maximum absolute atomic E-state index is 12.4. The van der Waals surface area contributed by atoms with Gasteiger partial charge >= 0.3 is 10.2 Å². The summed E-state index contributed by atoms with van der Waals surface area (Å²) in [6.07, 6.45) is 2.36. The van der Waals surface area contributed by atoms with Crippen molar-refractivity contribution in [3.05, 3.63) is 29.8 Å². The molecule has 0 spiro atoms. The summed E-state index contributed by atoms with van der Waals surface area (Å²) in [5.74, 6) is -0.398. The van der Waals surface area contributed by atoms with E-state index in [0.717, 1.165) is 10.6 Å². The Morgan fingerprint density at radius 1 is 1.23 bits per heavy atom. The Morgan fingerprint density at radius 3 is 2.41 bits per heavy atom. The van der Waals surface area contributed by atoms with Gasteiger partial charge < -0.3 is 0 Å². The minimum absolute atomic E-state index is 0.0712. The lowest BCUT2D eigenvalue weighted by atomic mass is 10.2. The molecule has 7 nitrogen and oxygen atoms in total. The summed E-state index contributed by atoms with van der Waals surface area (Å²) in [6.45, 7) is 0.306. The molecule has 22 heavy (non-hydrogen) atoms. The second-order valence-electron chi connectivity index (χ2n) is 5.54. The molecule has 3 rings (SSSR count). The van der Waals surface area contributed by atoms with Gasteiger partial charge in [-0.3, -0.25) is 4.79 Å². The van der Waals surface area contributed by atoms with Crippen molar-refractivity contribution in [3.8, 4) is 0 Å². The van der Waals surface area contributed by atoms with Gasteiger partial charge in [0.2, 0.25) is 0 Å². The molecule has 2 saturated heterocycles. The number of benzene rings is 1. The first-order chi connectivity index (χ1) is 10.2. The quantitative estimate of drug-likeness (QED) is 0.778. The van der Waals surface area contributed by atoms with Gasteiger partial charge in [0.05, 0.1) is 11.4 Å². The number of hydrogen-bond acceptors (Lipinski definition) is 5. The Labute approximate surface area is 129 Å². The molecular weight excluding hydrogens is 328 g/mol. The smallest absolute Gasteiger partial charge is 0.272 e. The third-order valence-electron chi connectivity index (χ3n) is 3.99. The number of sulfone groups is 1. The predicted octanol–water partition coefficient (Wildman–Crippen LogP) is 0.142. The van der Waals surface area contributed by atoms with E-state index in [-0.39, 0.29) is 11.4 Å². The van der Waals surface area contributed by atoms with Crippen LogP contribution in [0.1, 0.15) is 18.4 Å². The van der Waals surface area contributed by atoms with Crippen LogP contribution in [0.4, 0.5) is 0 Å². The number of amides is 1. The summed E-state index contributed by atoms with van der Waals surface area (Å²) in [6, 6.07) is 5.32. The number of hydrogen-bond donors (Lipinski definition) is 0. The summed E-state index contributed by atoms with van der Waals surface area (Å²) in [5, 5.41) is 0. The molecule has 1 atom stereocenters. The molecule has 1 aromatic carbocycles. The first kappa shape index (κ1) is 15.4. The second kappa shape index (κ2) is 5.04. The average Bonchev–Trinajstić information content (AvgIpc) is 2.98. The molecule has 2 heterocycles. The highest BCUT2D eigenvalue weighted by Gasteiger charge is 2.52. The van der Waals surface area contributed by atoms with Crippen LogP contribution in [-0.4, -0.2) is 50.2 Å². The fourth-order valence-electron chi connectivity index (χ4n) is 2.84. The molecule has 0 N–H and O–H groups in total. The monoisotopic (exact) mass is 344 g/mol. The average molecular weight is 344 g/mol. The zero-order valence-electron chi connectivity index (χ0n) is 12.0. The lowest BCUT2D eigenvalue weighted by molar-refractivity contribution is -0.127. The molecule has 2 fully saturated rings. The zero-order valence-corrected chi connectivity index (χ0v) is 13.6. The van der Waals surface area contributed by atoms with Crippen LogP contribution in [0.5, 0.6) is 0 Å². The van der Waals surface area contributed by atoms with E-state index < -0.39 is 32.0 Å². The third kappa shape index (κ3) is 2.42. The van der Waals surface area contributed by atoms with Crippen LogP contribution in [0.25, 0.3) is 0 Å². The van der Waals surface area contributed by atoms with Gasteiger partial charge in [0.25, 0.3) is 5.91 Å². The summed E-state index contributed by atoms with van der Waals surface area (Å²) in [7, 11) is -7.05. The van der Waals surface area contributed by atoms with E-state index in [1.165, 1.54) is 28.6 Å². The number of carbonyl (C=O) groups is 1. The summed E-state index contributed by atoms with van der Waals surface area (Å²) in [4.78, 5) is 12.4. The standard InChI is InChI=1S/C13H16N2O5S2/c1-21(17,18)11-6-4-10(5-7-11)9-15-13(16)12-3-2-8-14(12)22(15,19)20/h4-7,12H,2-3,8-9H2,1H3/t12-/m1/s1. The van der Waals surface area contributed by atoms with E-state index in [0.29, 0.717) is 24.9 Å². The first-order valence-electron chi connectivity index (χ1n) is 6.83. The zero-order chi connectivity index (χ0) is 16.1. The molecule has 2 aliphatic rings. The summed E-state index contributed by atoms with van der Waals surface area (Å²) in [5.41, 5.74) is 0.575. The van der Waals surface area contributed by atoms with E-state index in [1.807, 2.05) is 0 Å². The van der Waals surface area contributed by atoms with Crippen LogP contribution >= 0.6 is 0 Å². The lowest BCUT2D eigenvalue weighted by Crippen LogP contribution is -2.33. The fraction of sp³-hybridized carbons (Fsp3) is 0.462. The molecule has 1 aromatic rings. The van der Waals surface area contributed by atoms with Gasteiger partial charge in [0, 0.05) is 12.8 Å². The highest BCUT2D eigenvalue weighted by Crippen LogP contribution is 2.33. The molecule has 2 aliphatic heterocycles. The minimum Gasteiger partial charge on any atom is -0.272 e. The third-order valence-corrected chi connectivity index (χ3v) is 7.01. The maximum Gasteiger partial charge on any atom is 0.307 e. The number of carbonyl (C=O) groups excluding carboxylic acids is 1. The van der Waals surface area contributed by atoms with Crippen LogP contribution in [0.3, 0.4) is 0 Å². The molecular formula is C13H16N2O5S2. The van der Waals surface area contributed by atoms with E-state index in [1.54, 1.807) is 0 Å². The molecule has 1 amide bonds. The lowest BCUT2D eigenvalue weighted by Gasteiger charge is -2.17. The minimum atomic E-state index is -3.75. The van der Waals surface area contributed by atoms with Crippen molar-refractivity contribution in [1.29, 1.82) is 0 Å². The molecule has 0 saturated carbocycles. The van der Waals surface area contributed by atoms with E-state index in [4.69, 9.17) is 0 Å². The predicted molar refractivity (Wildman–Crippen MR) is 78.7 cm³/mol. The normalized spacial score (nSPS) is 24.7. The molecule has 0 unspecified atom stereocenters.